The van der Waals surface area contributed by atoms with E-state index >= 15 is 0 Å². The zero-order chi connectivity index (χ0) is 13.1. The average Bonchev–Trinajstić information content (AvgIpc) is 2.14. The molecule has 0 spiro atoms. The summed E-state index contributed by atoms with van der Waals surface area (Å²) in [7, 11) is 9.78. The fraction of sp³-hybridized carbons (Fsp3) is 0.909. The zero-order valence-corrected chi connectivity index (χ0v) is 14.0. The third-order valence-electron chi connectivity index (χ3n) is 2.04. The molecular weight excluding hydrogens is 281 g/mol. The summed E-state index contributed by atoms with van der Waals surface area (Å²) in [6, 6.07) is 0.971. The molecule has 0 saturated heterocycles. The summed E-state index contributed by atoms with van der Waals surface area (Å²) >= 11 is -0.556. The number of hydrogen-bond acceptors (Lipinski definition) is 2. The molecule has 0 amide bonds. The molecule has 97 valence electrons. The molecule has 0 bridgehead atoms. The van der Waals surface area contributed by atoms with Gasteiger partial charge >= 0.3 is 35.6 Å². The number of rotatable bonds is 6. The fourth-order valence-electron chi connectivity index (χ4n) is 1.60. The molecule has 0 fully saturated rings. The third-order valence-corrected chi connectivity index (χ3v) is 2.04. The van der Waals surface area contributed by atoms with Gasteiger partial charge < -0.3 is 4.74 Å². The van der Waals surface area contributed by atoms with Gasteiger partial charge in [0.05, 0.1) is 0 Å². The Morgan fingerprint density at radius 3 is 1.81 bits per heavy atom. The second-order valence-corrected chi connectivity index (χ2v) is 6.61. The van der Waals surface area contributed by atoms with Crippen molar-refractivity contribution < 1.29 is 21.8 Å². The van der Waals surface area contributed by atoms with Crippen LogP contribution in [0.15, 0.2) is 0 Å². The second kappa shape index (κ2) is 12.7. The summed E-state index contributed by atoms with van der Waals surface area (Å²) in [6.07, 6.45) is 1.04. The van der Waals surface area contributed by atoms with E-state index in [2.05, 4.69) is 46.4 Å². The van der Waals surface area contributed by atoms with Gasteiger partial charge in [0.25, 0.3) is 0 Å². The van der Waals surface area contributed by atoms with Gasteiger partial charge in [-0.2, -0.15) is 0 Å². The Morgan fingerprint density at radius 1 is 1.19 bits per heavy atom. The Labute approximate surface area is 118 Å². The van der Waals surface area contributed by atoms with Crippen LogP contribution < -0.4 is 0 Å². The molecule has 16 heavy (non-hydrogen) atoms. The Balaban J connectivity index is 0. The first-order valence-electron chi connectivity index (χ1n) is 5.60. The molecule has 0 aliphatic rings. The van der Waals surface area contributed by atoms with Crippen molar-refractivity contribution in [1.29, 1.82) is 0 Å². The Hall–Kier alpha value is 1.21. The third kappa shape index (κ3) is 10.4. The molecule has 0 aromatic heterocycles. The molecule has 0 aliphatic carbocycles. The van der Waals surface area contributed by atoms with Gasteiger partial charge in [0, 0.05) is 18.7 Å². The monoisotopic (exact) mass is 304 g/mol. The van der Waals surface area contributed by atoms with Crippen LogP contribution >= 0.6 is 18.6 Å². The second-order valence-electron chi connectivity index (χ2n) is 4.03. The van der Waals surface area contributed by atoms with Gasteiger partial charge in [0.2, 0.25) is 0 Å². The average molecular weight is 305 g/mol. The summed E-state index contributed by atoms with van der Waals surface area (Å²) in [5.74, 6) is 0. The van der Waals surface area contributed by atoms with Crippen LogP contribution in [-0.4, -0.2) is 29.8 Å². The standard InChI is InChI=1S/C11H24NO.2ClH.Ti/c1-7-8-13-11(6)12(9(2)3)10(4)5;;;/h9-11H,6-8H2,1-5H3;2*1H;/q;;;+2/p-2. The van der Waals surface area contributed by atoms with Crippen LogP contribution in [-0.2, 0) is 21.8 Å². The van der Waals surface area contributed by atoms with Crippen molar-refractivity contribution in [3.05, 3.63) is 6.92 Å². The van der Waals surface area contributed by atoms with Crippen molar-refractivity contribution in [3.8, 4) is 0 Å². The van der Waals surface area contributed by atoms with Crippen molar-refractivity contribution in [1.82, 2.24) is 4.90 Å². The Kier molecular flexibility index (Phi) is 15.5. The molecular formula is C11H24Cl2NOTi. The quantitative estimate of drug-likeness (QED) is 0.542. The molecule has 1 radical (unpaired) electrons. The molecule has 0 N–H and O–H groups in total. The number of ether oxygens (including phenoxy) is 1. The zero-order valence-electron chi connectivity index (χ0n) is 11.0. The van der Waals surface area contributed by atoms with E-state index in [1.807, 2.05) is 0 Å². The normalized spacial score (nSPS) is 12.7. The topological polar surface area (TPSA) is 12.5 Å². The summed E-state index contributed by atoms with van der Waals surface area (Å²) in [4.78, 5) is 2.27. The number of nitrogens with zero attached hydrogens (tertiary/aromatic N) is 1. The van der Waals surface area contributed by atoms with Crippen molar-refractivity contribution in [2.45, 2.75) is 59.4 Å². The van der Waals surface area contributed by atoms with E-state index in [1.54, 1.807) is 0 Å². The molecule has 1 atom stereocenters. The van der Waals surface area contributed by atoms with Gasteiger partial charge in [-0.3, -0.25) is 4.90 Å². The van der Waals surface area contributed by atoms with Crippen LogP contribution in [0.3, 0.4) is 0 Å². The van der Waals surface area contributed by atoms with Crippen molar-refractivity contribution >= 4 is 18.6 Å². The minimum absolute atomic E-state index is 0.0139. The first-order valence-corrected chi connectivity index (χ1v) is 9.90. The molecule has 0 aromatic rings. The molecule has 2 nitrogen and oxygen atoms in total. The van der Waals surface area contributed by atoms with Gasteiger partial charge in [0.15, 0.2) is 0 Å². The summed E-state index contributed by atoms with van der Waals surface area (Å²) in [5, 5.41) is 0. The van der Waals surface area contributed by atoms with E-state index in [0.29, 0.717) is 12.1 Å². The summed E-state index contributed by atoms with van der Waals surface area (Å²) < 4.78 is 5.59. The van der Waals surface area contributed by atoms with Crippen LogP contribution in [0.1, 0.15) is 41.0 Å². The van der Waals surface area contributed by atoms with E-state index in [9.17, 15) is 0 Å². The summed E-state index contributed by atoms with van der Waals surface area (Å²) in [6.45, 7) is 15.6. The molecule has 0 aliphatic heterocycles. The van der Waals surface area contributed by atoms with Crippen LogP contribution in [0, 0.1) is 6.92 Å². The molecule has 0 rings (SSSR count). The van der Waals surface area contributed by atoms with Crippen LogP contribution in [0.2, 0.25) is 0 Å². The van der Waals surface area contributed by atoms with Crippen LogP contribution in [0.5, 0.6) is 0 Å². The number of hydrogen-bond donors (Lipinski definition) is 0. The summed E-state index contributed by atoms with van der Waals surface area (Å²) in [5.41, 5.74) is 0. The van der Waals surface area contributed by atoms with Gasteiger partial charge in [-0.1, -0.05) is 6.92 Å². The first-order chi connectivity index (χ1) is 7.42. The maximum atomic E-state index is 5.59. The van der Waals surface area contributed by atoms with E-state index in [1.165, 1.54) is 0 Å². The predicted octanol–water partition coefficient (Wildman–Crippen LogP) is 4.07. The number of halogens is 2. The van der Waals surface area contributed by atoms with Crippen molar-refractivity contribution in [3.63, 3.8) is 0 Å². The van der Waals surface area contributed by atoms with Crippen molar-refractivity contribution in [2.24, 2.45) is 0 Å². The molecule has 0 heterocycles. The van der Waals surface area contributed by atoms with E-state index in [4.69, 9.17) is 23.3 Å². The van der Waals surface area contributed by atoms with E-state index < -0.39 is 17.0 Å². The minimum atomic E-state index is -0.556. The van der Waals surface area contributed by atoms with Gasteiger partial charge in [0.1, 0.15) is 6.23 Å². The van der Waals surface area contributed by atoms with E-state index in [0.717, 1.165) is 13.0 Å². The molecule has 0 aromatic carbocycles. The molecule has 5 heteroatoms. The SMILES string of the molecule is [CH2]C(OCCC)N(C(C)C)C(C)C.[Cl][Ti][Cl]. The maximum absolute atomic E-state index is 5.59. The Bertz CT molecular complexity index is 140. The first kappa shape index (κ1) is 19.6. The van der Waals surface area contributed by atoms with Gasteiger partial charge in [-0.15, -0.1) is 0 Å². The Morgan fingerprint density at radius 2 is 1.56 bits per heavy atom. The fourth-order valence-corrected chi connectivity index (χ4v) is 1.60. The molecule has 1 unspecified atom stereocenters. The molecule has 0 saturated carbocycles. The van der Waals surface area contributed by atoms with Crippen LogP contribution in [0.4, 0.5) is 0 Å². The van der Waals surface area contributed by atoms with Gasteiger partial charge in [-0.25, -0.2) is 0 Å². The van der Waals surface area contributed by atoms with Gasteiger partial charge in [-0.05, 0) is 41.0 Å². The predicted molar refractivity (Wildman–Crippen MR) is 69.2 cm³/mol. The van der Waals surface area contributed by atoms with E-state index in [-0.39, 0.29) is 6.23 Å². The van der Waals surface area contributed by atoms with Crippen molar-refractivity contribution in [2.75, 3.05) is 6.61 Å². The van der Waals surface area contributed by atoms with Crippen LogP contribution in [0.25, 0.3) is 0 Å².